The molecule has 1 saturated carbocycles. The standard InChI is InChI=1S/C17H23NO4/c1-11(2)9-13(16(20)21)18-14-15(19)17(14,3)22-10-12-7-5-4-6-8-12/h4-8,11,13-14,18H,9-10H2,1-3H3,(H,20,21)/t13-,14-,17+/m0/s1. The van der Waals surface area contributed by atoms with Crippen LogP contribution in [0.3, 0.4) is 0 Å². The predicted octanol–water partition coefficient (Wildman–Crippen LogP) is 2.00. The molecule has 1 fully saturated rings. The van der Waals surface area contributed by atoms with Crippen LogP contribution >= 0.6 is 0 Å². The largest absolute Gasteiger partial charge is 0.480 e. The van der Waals surface area contributed by atoms with Gasteiger partial charge < -0.3 is 9.84 Å². The van der Waals surface area contributed by atoms with Gasteiger partial charge >= 0.3 is 5.97 Å². The van der Waals surface area contributed by atoms with Crippen LogP contribution in [0.2, 0.25) is 0 Å². The van der Waals surface area contributed by atoms with E-state index in [0.717, 1.165) is 5.56 Å². The molecule has 0 spiro atoms. The monoisotopic (exact) mass is 305 g/mol. The van der Waals surface area contributed by atoms with Gasteiger partial charge in [0.25, 0.3) is 0 Å². The fourth-order valence-electron chi connectivity index (χ4n) is 2.50. The molecule has 3 atom stereocenters. The minimum atomic E-state index is -0.932. The summed E-state index contributed by atoms with van der Waals surface area (Å²) in [7, 11) is 0. The molecule has 0 unspecified atom stereocenters. The number of Topliss-reactive ketones (excluding diaryl/α,β-unsaturated/α-hetero) is 1. The highest BCUT2D eigenvalue weighted by Crippen LogP contribution is 2.36. The second-order valence-corrected chi connectivity index (χ2v) is 6.37. The number of benzene rings is 1. The van der Waals surface area contributed by atoms with Crippen molar-refractivity contribution in [3.05, 3.63) is 35.9 Å². The summed E-state index contributed by atoms with van der Waals surface area (Å²) in [5, 5.41) is 12.2. The maximum atomic E-state index is 12.0. The van der Waals surface area contributed by atoms with Gasteiger partial charge in [0, 0.05) is 0 Å². The Hall–Kier alpha value is -1.72. The van der Waals surface area contributed by atoms with Crippen molar-refractivity contribution in [3.8, 4) is 0 Å². The first-order chi connectivity index (χ1) is 10.3. The van der Waals surface area contributed by atoms with Crippen molar-refractivity contribution in [2.45, 2.75) is 51.5 Å². The molecular formula is C17H23NO4. The number of carboxylic acid groups (broad SMARTS) is 1. The summed E-state index contributed by atoms with van der Waals surface area (Å²) in [5.74, 6) is -0.781. The maximum absolute atomic E-state index is 12.0. The van der Waals surface area contributed by atoms with Crippen LogP contribution in [0.15, 0.2) is 30.3 Å². The normalized spacial score (nSPS) is 25.3. The summed E-state index contributed by atoms with van der Waals surface area (Å²) in [4.78, 5) is 23.3. The summed E-state index contributed by atoms with van der Waals surface area (Å²) >= 11 is 0. The highest BCUT2D eigenvalue weighted by Gasteiger charge is 2.63. The lowest BCUT2D eigenvalue weighted by Gasteiger charge is -2.17. The van der Waals surface area contributed by atoms with E-state index < -0.39 is 23.7 Å². The molecule has 1 aromatic carbocycles. The zero-order valence-corrected chi connectivity index (χ0v) is 13.2. The summed E-state index contributed by atoms with van der Waals surface area (Å²) in [6.45, 7) is 5.96. The van der Waals surface area contributed by atoms with Crippen molar-refractivity contribution in [2.75, 3.05) is 0 Å². The average Bonchev–Trinajstić information content (AvgIpc) is 2.98. The Morgan fingerprint density at radius 3 is 2.55 bits per heavy atom. The molecule has 0 aliphatic heterocycles. The first-order valence-corrected chi connectivity index (χ1v) is 7.55. The van der Waals surface area contributed by atoms with Crippen LogP contribution in [0, 0.1) is 5.92 Å². The molecule has 0 heterocycles. The average molecular weight is 305 g/mol. The minimum Gasteiger partial charge on any atom is -0.480 e. The fraction of sp³-hybridized carbons (Fsp3) is 0.529. The van der Waals surface area contributed by atoms with Crippen molar-refractivity contribution in [2.24, 2.45) is 5.92 Å². The molecule has 0 aromatic heterocycles. The third kappa shape index (κ3) is 3.72. The molecule has 5 nitrogen and oxygen atoms in total. The van der Waals surface area contributed by atoms with E-state index in [-0.39, 0.29) is 11.7 Å². The van der Waals surface area contributed by atoms with Gasteiger partial charge in [-0.2, -0.15) is 0 Å². The summed E-state index contributed by atoms with van der Waals surface area (Å²) in [5.41, 5.74) is 0.0553. The molecule has 1 aliphatic rings. The molecule has 1 aromatic rings. The van der Waals surface area contributed by atoms with Crippen molar-refractivity contribution in [1.82, 2.24) is 5.32 Å². The van der Waals surface area contributed by atoms with Crippen molar-refractivity contribution < 1.29 is 19.4 Å². The van der Waals surface area contributed by atoms with Gasteiger partial charge in [-0.15, -0.1) is 0 Å². The minimum absolute atomic E-state index is 0.0848. The van der Waals surface area contributed by atoms with Gasteiger partial charge in [-0.05, 0) is 24.8 Å². The lowest BCUT2D eigenvalue weighted by Crippen LogP contribution is -2.42. The van der Waals surface area contributed by atoms with Crippen LogP contribution in [0.5, 0.6) is 0 Å². The molecule has 120 valence electrons. The van der Waals surface area contributed by atoms with Gasteiger partial charge in [-0.1, -0.05) is 44.2 Å². The molecule has 22 heavy (non-hydrogen) atoms. The molecule has 0 bridgehead atoms. The van der Waals surface area contributed by atoms with Crippen molar-refractivity contribution >= 4 is 11.8 Å². The van der Waals surface area contributed by atoms with Gasteiger partial charge in [0.1, 0.15) is 17.7 Å². The number of hydrogen-bond acceptors (Lipinski definition) is 4. The molecule has 0 amide bonds. The molecule has 5 heteroatoms. The molecule has 1 aliphatic carbocycles. The zero-order chi connectivity index (χ0) is 16.3. The second kappa shape index (κ2) is 6.58. The zero-order valence-electron chi connectivity index (χ0n) is 13.2. The number of carboxylic acids is 1. The molecule has 2 rings (SSSR count). The Kier molecular flexibility index (Phi) is 4.98. The highest BCUT2D eigenvalue weighted by molar-refractivity contribution is 6.10. The van der Waals surface area contributed by atoms with Crippen LogP contribution in [0.4, 0.5) is 0 Å². The van der Waals surface area contributed by atoms with Crippen molar-refractivity contribution in [1.29, 1.82) is 0 Å². The third-order valence-corrected chi connectivity index (χ3v) is 3.97. The van der Waals surface area contributed by atoms with E-state index in [9.17, 15) is 14.7 Å². The number of ether oxygens (including phenoxy) is 1. The van der Waals surface area contributed by atoms with Gasteiger partial charge in [-0.3, -0.25) is 14.9 Å². The van der Waals surface area contributed by atoms with E-state index in [1.165, 1.54) is 0 Å². The topological polar surface area (TPSA) is 75.6 Å². The number of ketones is 1. The number of rotatable bonds is 8. The molecule has 0 radical (unpaired) electrons. The molecule has 2 N–H and O–H groups in total. The highest BCUT2D eigenvalue weighted by atomic mass is 16.5. The second-order valence-electron chi connectivity index (χ2n) is 6.37. The van der Waals surface area contributed by atoms with Gasteiger partial charge in [0.15, 0.2) is 5.78 Å². The van der Waals surface area contributed by atoms with E-state index in [4.69, 9.17) is 4.74 Å². The lowest BCUT2D eigenvalue weighted by molar-refractivity contribution is -0.140. The van der Waals surface area contributed by atoms with Crippen LogP contribution in [-0.2, 0) is 20.9 Å². The summed E-state index contributed by atoms with van der Waals surface area (Å²) in [6, 6.07) is 8.33. The summed E-state index contributed by atoms with van der Waals surface area (Å²) < 4.78 is 5.73. The lowest BCUT2D eigenvalue weighted by atomic mass is 10.0. The molecule has 0 saturated heterocycles. The van der Waals surface area contributed by atoms with E-state index >= 15 is 0 Å². The smallest absolute Gasteiger partial charge is 0.320 e. The summed E-state index contributed by atoms with van der Waals surface area (Å²) in [6.07, 6.45) is 0.480. The maximum Gasteiger partial charge on any atom is 0.320 e. The van der Waals surface area contributed by atoms with E-state index in [2.05, 4.69) is 5.32 Å². The molecular weight excluding hydrogens is 282 g/mol. The van der Waals surface area contributed by atoms with E-state index in [0.29, 0.717) is 13.0 Å². The van der Waals surface area contributed by atoms with Crippen LogP contribution in [-0.4, -0.2) is 34.5 Å². The Balaban J connectivity index is 1.93. The first-order valence-electron chi connectivity index (χ1n) is 7.55. The number of hydrogen-bond donors (Lipinski definition) is 2. The van der Waals surface area contributed by atoms with Gasteiger partial charge in [0.05, 0.1) is 6.61 Å². The van der Waals surface area contributed by atoms with Crippen LogP contribution in [0.1, 0.15) is 32.8 Å². The quantitative estimate of drug-likeness (QED) is 0.768. The van der Waals surface area contributed by atoms with E-state index in [1.807, 2.05) is 44.2 Å². The Morgan fingerprint density at radius 2 is 2.00 bits per heavy atom. The number of carbonyl (C=O) groups excluding carboxylic acids is 1. The number of aliphatic carboxylic acids is 1. The first kappa shape index (κ1) is 16.6. The van der Waals surface area contributed by atoms with Gasteiger partial charge in [-0.25, -0.2) is 0 Å². The van der Waals surface area contributed by atoms with Crippen LogP contribution < -0.4 is 5.32 Å². The van der Waals surface area contributed by atoms with Crippen LogP contribution in [0.25, 0.3) is 0 Å². The van der Waals surface area contributed by atoms with Crippen molar-refractivity contribution in [3.63, 3.8) is 0 Å². The van der Waals surface area contributed by atoms with Gasteiger partial charge in [0.2, 0.25) is 0 Å². The Bertz CT molecular complexity index is 543. The third-order valence-electron chi connectivity index (χ3n) is 3.97. The number of nitrogens with one attached hydrogen (secondary N) is 1. The SMILES string of the molecule is CC(C)C[C@H](N[C@H]1C(=O)[C@]1(C)OCc1ccccc1)C(=O)O. The van der Waals surface area contributed by atoms with E-state index in [1.54, 1.807) is 6.92 Å². The number of carbonyl (C=O) groups is 2. The Morgan fingerprint density at radius 1 is 1.36 bits per heavy atom. The fourth-order valence-corrected chi connectivity index (χ4v) is 2.50. The Labute approximate surface area is 130 Å². The predicted molar refractivity (Wildman–Crippen MR) is 82.4 cm³/mol.